The second-order valence-corrected chi connectivity index (χ2v) is 26.8. The molecule has 0 fully saturated rings. The molecule has 85 heavy (non-hydrogen) atoms. The number of benzene rings is 2. The highest BCUT2D eigenvalue weighted by atomic mass is 32.1. The first-order chi connectivity index (χ1) is 41.8. The van der Waals surface area contributed by atoms with Gasteiger partial charge in [-0.25, -0.2) is 0 Å². The summed E-state index contributed by atoms with van der Waals surface area (Å²) in [7, 11) is 0. The van der Waals surface area contributed by atoms with Crippen LogP contribution in [0.5, 0.6) is 0 Å². The Labute approximate surface area is 529 Å². The Morgan fingerprint density at radius 3 is 0.741 bits per heavy atom. The highest BCUT2D eigenvalue weighted by Crippen LogP contribution is 2.31. The van der Waals surface area contributed by atoms with E-state index < -0.39 is 0 Å². The SMILES string of the molecule is CCCCCCc1cc(C#Cc2ccc(NC=O)cc2)sc1C#Cc1cc(CCCCCC)c(C#Cc2cc(CCCCCC)c(C#Cc3sc(C#Cc4sc(C#Cc5ccc(NC=O)cc5)cc4CCCCCC)cc3CCCCCC)s2)s1. The Hall–Kier alpha value is -6.76. The summed E-state index contributed by atoms with van der Waals surface area (Å²) in [5, 5.41) is 5.39. The zero-order valence-corrected chi connectivity index (χ0v) is 54.8. The molecule has 7 rings (SSSR count). The van der Waals surface area contributed by atoms with Crippen LogP contribution in [-0.4, -0.2) is 12.8 Å². The van der Waals surface area contributed by atoms with Gasteiger partial charge in [0.25, 0.3) is 0 Å². The van der Waals surface area contributed by atoms with E-state index in [2.05, 4.69) is 147 Å². The number of hydrogen-bond acceptors (Lipinski definition) is 7. The molecule has 0 saturated heterocycles. The molecule has 0 aliphatic heterocycles. The van der Waals surface area contributed by atoms with Crippen LogP contribution in [0.4, 0.5) is 11.4 Å². The summed E-state index contributed by atoms with van der Waals surface area (Å²) < 4.78 is 0. The lowest BCUT2D eigenvalue weighted by Gasteiger charge is -2.00. The summed E-state index contributed by atoms with van der Waals surface area (Å²) >= 11 is 8.58. The Kier molecular flexibility index (Phi) is 29.1. The van der Waals surface area contributed by atoms with Crippen molar-refractivity contribution >= 4 is 80.9 Å². The molecular weight excluding hydrogens is 1130 g/mol. The maximum Gasteiger partial charge on any atom is 0.211 e. The average Bonchev–Trinajstić information content (AvgIpc) is 4.52. The van der Waals surface area contributed by atoms with Gasteiger partial charge in [0, 0.05) is 22.5 Å². The Balaban J connectivity index is 1.18. The summed E-state index contributed by atoms with van der Waals surface area (Å²) in [6.45, 7) is 11.3. The number of nitrogens with one attached hydrogen (secondary N) is 2. The molecule has 9 heteroatoms. The van der Waals surface area contributed by atoms with E-state index in [0.29, 0.717) is 12.8 Å². The minimum Gasteiger partial charge on any atom is -0.329 e. The lowest BCUT2D eigenvalue weighted by atomic mass is 10.1. The molecule has 0 aliphatic carbocycles. The van der Waals surface area contributed by atoms with Crippen molar-refractivity contribution in [2.24, 2.45) is 0 Å². The molecule has 0 radical (unpaired) electrons. The molecule has 0 aliphatic rings. The molecule has 0 atom stereocenters. The summed E-state index contributed by atoms with van der Waals surface area (Å²) in [4.78, 5) is 32.6. The smallest absolute Gasteiger partial charge is 0.211 e. The molecular formula is C76H82N2O2S5. The molecule has 0 spiro atoms. The molecule has 5 heterocycles. The van der Waals surface area contributed by atoms with Crippen LogP contribution < -0.4 is 10.6 Å². The van der Waals surface area contributed by atoms with Crippen LogP contribution in [0.15, 0.2) is 78.9 Å². The fourth-order valence-corrected chi connectivity index (χ4v) is 14.4. The Bertz CT molecular complexity index is 3640. The Morgan fingerprint density at radius 1 is 0.294 bits per heavy atom. The van der Waals surface area contributed by atoms with Crippen LogP contribution in [0.2, 0.25) is 0 Å². The van der Waals surface area contributed by atoms with Crippen LogP contribution in [0, 0.1) is 71.0 Å². The fraction of sp³-hybridized carbons (Fsp3) is 0.395. The van der Waals surface area contributed by atoms with Crippen LogP contribution in [0.3, 0.4) is 0 Å². The van der Waals surface area contributed by atoms with Gasteiger partial charge in [0.15, 0.2) is 0 Å². The zero-order chi connectivity index (χ0) is 59.7. The van der Waals surface area contributed by atoms with E-state index in [0.717, 1.165) is 135 Å². The summed E-state index contributed by atoms with van der Waals surface area (Å²) in [5.74, 6) is 42.8. The topological polar surface area (TPSA) is 58.2 Å². The van der Waals surface area contributed by atoms with Crippen molar-refractivity contribution < 1.29 is 9.59 Å². The highest BCUT2D eigenvalue weighted by Gasteiger charge is 2.14. The van der Waals surface area contributed by atoms with Crippen LogP contribution in [0.25, 0.3) is 0 Å². The van der Waals surface area contributed by atoms with E-state index in [1.807, 2.05) is 48.5 Å². The summed E-state index contributed by atoms with van der Waals surface area (Å²) in [6.07, 6.45) is 30.3. The molecule has 2 aromatic carbocycles. The monoisotopic (exact) mass is 1210 g/mol. The number of unbranched alkanes of at least 4 members (excludes halogenated alkanes) is 15. The maximum atomic E-state index is 10.9. The van der Waals surface area contributed by atoms with Gasteiger partial charge in [0.2, 0.25) is 12.8 Å². The highest BCUT2D eigenvalue weighted by molar-refractivity contribution is 7.15. The molecule has 4 nitrogen and oxygen atoms in total. The average molecular weight is 1220 g/mol. The number of anilines is 2. The first kappa shape index (κ1) is 65.8. The molecule has 2 amide bonds. The van der Waals surface area contributed by atoms with Gasteiger partial charge < -0.3 is 10.6 Å². The van der Waals surface area contributed by atoms with Crippen molar-refractivity contribution in [3.63, 3.8) is 0 Å². The molecule has 0 saturated carbocycles. The van der Waals surface area contributed by atoms with Gasteiger partial charge in [-0.15, -0.1) is 56.7 Å². The third-order valence-corrected chi connectivity index (χ3v) is 19.7. The first-order valence-electron chi connectivity index (χ1n) is 31.2. The largest absolute Gasteiger partial charge is 0.329 e. The van der Waals surface area contributed by atoms with E-state index in [1.165, 1.54) is 124 Å². The molecule has 2 N–H and O–H groups in total. The van der Waals surface area contributed by atoms with Gasteiger partial charge in [-0.05, 0) is 218 Å². The van der Waals surface area contributed by atoms with Gasteiger partial charge in [0.1, 0.15) is 0 Å². The van der Waals surface area contributed by atoms with Crippen LogP contribution >= 0.6 is 56.7 Å². The molecule has 0 bridgehead atoms. The minimum atomic E-state index is 0.689. The van der Waals surface area contributed by atoms with Gasteiger partial charge in [0.05, 0.1) is 48.8 Å². The third kappa shape index (κ3) is 22.6. The van der Waals surface area contributed by atoms with Crippen LogP contribution in [-0.2, 0) is 41.7 Å². The van der Waals surface area contributed by atoms with E-state index >= 15 is 0 Å². The Morgan fingerprint density at radius 2 is 0.518 bits per heavy atom. The number of amides is 2. The lowest BCUT2D eigenvalue weighted by Crippen LogP contribution is -1.92. The fourth-order valence-electron chi connectivity index (χ4n) is 9.79. The van der Waals surface area contributed by atoms with Crippen molar-refractivity contribution in [3.05, 3.63) is 167 Å². The van der Waals surface area contributed by atoms with Crippen LogP contribution in [0.1, 0.15) is 251 Å². The normalized spacial score (nSPS) is 10.4. The van der Waals surface area contributed by atoms with E-state index in [4.69, 9.17) is 0 Å². The predicted octanol–water partition coefficient (Wildman–Crippen LogP) is 20.1. The molecule has 438 valence electrons. The van der Waals surface area contributed by atoms with Gasteiger partial charge in [-0.1, -0.05) is 155 Å². The van der Waals surface area contributed by atoms with Crippen molar-refractivity contribution in [2.45, 2.75) is 195 Å². The number of thiophene rings is 5. The summed E-state index contributed by atoms with van der Waals surface area (Å²) in [5.41, 5.74) is 9.77. The number of carbonyl (C=O) groups excluding carboxylic acids is 2. The van der Waals surface area contributed by atoms with Crippen molar-refractivity contribution in [1.29, 1.82) is 0 Å². The number of aryl methyl sites for hydroxylation is 5. The second kappa shape index (κ2) is 37.6. The van der Waals surface area contributed by atoms with Crippen molar-refractivity contribution in [3.8, 4) is 71.0 Å². The molecule has 5 aromatic heterocycles. The number of rotatable bonds is 29. The number of carbonyl (C=O) groups is 2. The third-order valence-electron chi connectivity index (χ3n) is 14.6. The quantitative estimate of drug-likeness (QED) is 0.0279. The van der Waals surface area contributed by atoms with Gasteiger partial charge in [-0.2, -0.15) is 0 Å². The number of hydrogen-bond donors (Lipinski definition) is 2. The maximum absolute atomic E-state index is 10.9. The molecule has 0 unspecified atom stereocenters. The summed E-state index contributed by atoms with van der Waals surface area (Å²) in [6, 6.07) is 26.6. The van der Waals surface area contributed by atoms with Crippen molar-refractivity contribution in [2.75, 3.05) is 10.6 Å². The second-order valence-electron chi connectivity index (χ2n) is 21.6. The van der Waals surface area contributed by atoms with E-state index in [1.54, 1.807) is 56.7 Å². The van der Waals surface area contributed by atoms with E-state index in [-0.39, 0.29) is 0 Å². The van der Waals surface area contributed by atoms with Crippen molar-refractivity contribution in [1.82, 2.24) is 0 Å². The predicted molar refractivity (Wildman–Crippen MR) is 369 cm³/mol. The lowest BCUT2D eigenvalue weighted by molar-refractivity contribution is -0.106. The minimum absolute atomic E-state index is 0.689. The van der Waals surface area contributed by atoms with Gasteiger partial charge >= 0.3 is 0 Å². The van der Waals surface area contributed by atoms with Gasteiger partial charge in [-0.3, -0.25) is 9.59 Å². The zero-order valence-electron chi connectivity index (χ0n) is 50.7. The first-order valence-corrected chi connectivity index (χ1v) is 35.3. The molecule has 7 aromatic rings. The standard InChI is InChI=1S/C76H82N2O2S5/c1-6-11-16-21-26-60-51-67(41-35-58-31-37-65(38-32-58)77-56-79)81-72(60)46-43-69-53-62(28-23-18-13-8-3)74(83-69)48-45-71-55-64(30-25-20-15-10-5)76(85-71)50-49-75-63(29-24-19-14-9-4)54-70(84-75)44-47-73-61(27-22-17-12-7-2)52-68(82-73)42-36-59-33-39-66(40-34-59)78-57-80/h31-34,37-40,51-57H,6-30H2,1-5H3,(H,77,79)(H,78,80). The van der Waals surface area contributed by atoms with E-state index in [9.17, 15) is 9.59 Å².